The number of rotatable bonds is 3. The molecule has 0 saturated carbocycles. The van der Waals surface area contributed by atoms with Gasteiger partial charge in [0.05, 0.1) is 24.6 Å². The molecule has 2 amide bonds. The number of carbonyl (C=O) groups is 2. The summed E-state index contributed by atoms with van der Waals surface area (Å²) in [5, 5.41) is 11.1. The van der Waals surface area contributed by atoms with E-state index in [2.05, 4.69) is 4.98 Å². The Morgan fingerprint density at radius 2 is 1.97 bits per heavy atom. The topological polar surface area (TPSA) is 96.7 Å². The number of nitro groups is 1. The maximum atomic E-state index is 15.5. The van der Waals surface area contributed by atoms with Crippen molar-refractivity contribution in [3.05, 3.63) is 63.8 Å². The van der Waals surface area contributed by atoms with Crippen LogP contribution in [0.15, 0.2) is 42.6 Å². The first-order valence-electron chi connectivity index (χ1n) is 8.81. The highest BCUT2D eigenvalue weighted by Gasteiger charge is 2.72. The van der Waals surface area contributed by atoms with Crippen LogP contribution in [0.5, 0.6) is 0 Å². The first-order valence-corrected chi connectivity index (χ1v) is 8.81. The summed E-state index contributed by atoms with van der Waals surface area (Å²) in [7, 11) is 0. The number of anilines is 1. The van der Waals surface area contributed by atoms with Gasteiger partial charge in [0.1, 0.15) is 5.82 Å². The maximum Gasteiger partial charge on any atom is 0.273 e. The summed E-state index contributed by atoms with van der Waals surface area (Å²) in [6, 6.07) is 8.51. The second kappa shape index (κ2) is 6.29. The molecule has 1 aromatic heterocycles. The predicted octanol–water partition coefficient (Wildman–Crippen LogP) is 2.22. The van der Waals surface area contributed by atoms with Gasteiger partial charge in [0, 0.05) is 23.4 Å². The number of carbonyl (C=O) groups excluding carboxylic acids is 2. The van der Waals surface area contributed by atoms with Crippen molar-refractivity contribution < 1.29 is 23.3 Å². The van der Waals surface area contributed by atoms with Gasteiger partial charge in [-0.25, -0.2) is 13.8 Å². The molecule has 8 nitrogen and oxygen atoms in total. The smallest absolute Gasteiger partial charge is 0.273 e. The van der Waals surface area contributed by atoms with Gasteiger partial charge in [0.2, 0.25) is 5.67 Å². The Kier molecular flexibility index (Phi) is 4.10. The summed E-state index contributed by atoms with van der Waals surface area (Å²) in [6.07, 6.45) is 1.41. The highest BCUT2D eigenvalue weighted by molar-refractivity contribution is 6.05. The third-order valence-electron chi connectivity index (χ3n) is 5.42. The fourth-order valence-electron chi connectivity index (χ4n) is 3.82. The van der Waals surface area contributed by atoms with Gasteiger partial charge in [-0.2, -0.15) is 0 Å². The van der Waals surface area contributed by atoms with Crippen molar-refractivity contribution in [1.29, 1.82) is 0 Å². The highest BCUT2D eigenvalue weighted by Crippen LogP contribution is 2.46. The lowest BCUT2D eigenvalue weighted by atomic mass is 9.93. The largest absolute Gasteiger partial charge is 0.331 e. The zero-order valence-corrected chi connectivity index (χ0v) is 15.3. The average molecular weight is 402 g/mol. The van der Waals surface area contributed by atoms with E-state index < -0.39 is 47.7 Å². The molecule has 2 saturated heterocycles. The minimum absolute atomic E-state index is 0.0662. The number of aromatic nitrogens is 1. The van der Waals surface area contributed by atoms with Crippen LogP contribution < -0.4 is 4.90 Å². The Bertz CT molecular complexity index is 1030. The Labute approximate surface area is 163 Å². The SMILES string of the molecule is Cc1ccc(C(=O)N2C[C@@]3(F)CN(c4ccccn4)C(=O)[C@@]3(F)C2)cc1[N+](=O)[O-]. The first kappa shape index (κ1) is 18.9. The van der Waals surface area contributed by atoms with Crippen LogP contribution in [0.3, 0.4) is 0 Å². The van der Waals surface area contributed by atoms with Gasteiger partial charge in [-0.1, -0.05) is 12.1 Å². The maximum absolute atomic E-state index is 15.5. The van der Waals surface area contributed by atoms with Crippen LogP contribution in [0.2, 0.25) is 0 Å². The number of likely N-dealkylation sites (tertiary alicyclic amines) is 1. The molecule has 2 aliphatic rings. The molecule has 0 aliphatic carbocycles. The number of pyridine rings is 1. The van der Waals surface area contributed by atoms with Gasteiger partial charge in [-0.05, 0) is 25.1 Å². The summed E-state index contributed by atoms with van der Waals surface area (Å²) >= 11 is 0. The summed E-state index contributed by atoms with van der Waals surface area (Å²) in [4.78, 5) is 41.7. The minimum Gasteiger partial charge on any atom is -0.331 e. The molecule has 0 radical (unpaired) electrons. The zero-order valence-electron chi connectivity index (χ0n) is 15.3. The quantitative estimate of drug-likeness (QED) is 0.579. The van der Waals surface area contributed by atoms with Crippen LogP contribution in [0, 0.1) is 17.0 Å². The fourth-order valence-corrected chi connectivity index (χ4v) is 3.82. The van der Waals surface area contributed by atoms with Gasteiger partial charge in [0.25, 0.3) is 17.5 Å². The van der Waals surface area contributed by atoms with Crippen molar-refractivity contribution in [2.75, 3.05) is 24.5 Å². The second-order valence-corrected chi connectivity index (χ2v) is 7.27. The summed E-state index contributed by atoms with van der Waals surface area (Å²) in [5.74, 6) is -1.73. The van der Waals surface area contributed by atoms with E-state index in [-0.39, 0.29) is 17.1 Å². The van der Waals surface area contributed by atoms with E-state index in [1.807, 2.05) is 0 Å². The molecule has 1 aromatic carbocycles. The molecule has 0 bridgehead atoms. The number of alkyl halides is 2. The molecule has 2 atom stereocenters. The number of fused-ring (bicyclic) bond motifs is 1. The monoisotopic (exact) mass is 402 g/mol. The summed E-state index contributed by atoms with van der Waals surface area (Å²) in [5.41, 5.74) is -5.49. The number of halogens is 2. The van der Waals surface area contributed by atoms with Crippen LogP contribution in [-0.4, -0.2) is 57.6 Å². The molecule has 3 heterocycles. The van der Waals surface area contributed by atoms with E-state index in [9.17, 15) is 19.7 Å². The Morgan fingerprint density at radius 1 is 1.21 bits per heavy atom. The molecule has 29 heavy (non-hydrogen) atoms. The normalized spacial score (nSPS) is 26.0. The summed E-state index contributed by atoms with van der Waals surface area (Å²) < 4.78 is 31.0. The molecule has 2 fully saturated rings. The standard InChI is InChI=1S/C19H16F2N4O4/c1-12-5-6-13(8-14(12)25(28)29)16(26)23-9-18(20)10-24(15-4-2-3-7-22-15)17(27)19(18,21)11-23/h2-8H,9-11H2,1H3/t18-,19+/m1/s1. The second-order valence-electron chi connectivity index (χ2n) is 7.27. The number of hydrogen-bond donors (Lipinski definition) is 0. The number of amides is 2. The van der Waals surface area contributed by atoms with Crippen molar-refractivity contribution in [2.24, 2.45) is 0 Å². The third kappa shape index (κ3) is 2.74. The van der Waals surface area contributed by atoms with E-state index in [1.54, 1.807) is 12.1 Å². The van der Waals surface area contributed by atoms with Crippen LogP contribution in [0.1, 0.15) is 15.9 Å². The third-order valence-corrected chi connectivity index (χ3v) is 5.42. The fraction of sp³-hybridized carbons (Fsp3) is 0.316. The number of hydrogen-bond acceptors (Lipinski definition) is 5. The summed E-state index contributed by atoms with van der Waals surface area (Å²) in [6.45, 7) is -0.465. The molecule has 2 aliphatic heterocycles. The molecule has 150 valence electrons. The van der Waals surface area contributed by atoms with Crippen molar-refractivity contribution in [3.8, 4) is 0 Å². The Morgan fingerprint density at radius 3 is 2.59 bits per heavy atom. The first-order chi connectivity index (χ1) is 13.7. The van der Waals surface area contributed by atoms with Gasteiger partial charge in [-0.15, -0.1) is 0 Å². The number of aryl methyl sites for hydroxylation is 1. The minimum atomic E-state index is -2.91. The van der Waals surface area contributed by atoms with Crippen molar-refractivity contribution >= 4 is 23.3 Å². The number of nitrogens with zero attached hydrogens (tertiary/aromatic N) is 4. The van der Waals surface area contributed by atoms with E-state index >= 15 is 8.78 Å². The molecule has 0 N–H and O–H groups in total. The van der Waals surface area contributed by atoms with Crippen LogP contribution in [-0.2, 0) is 4.79 Å². The lowest BCUT2D eigenvalue weighted by molar-refractivity contribution is -0.385. The average Bonchev–Trinajstić information content (AvgIpc) is 3.07. The van der Waals surface area contributed by atoms with E-state index in [0.29, 0.717) is 5.56 Å². The molecule has 0 spiro atoms. The van der Waals surface area contributed by atoms with E-state index in [1.165, 1.54) is 31.3 Å². The van der Waals surface area contributed by atoms with Gasteiger partial charge in [-0.3, -0.25) is 24.6 Å². The van der Waals surface area contributed by atoms with Crippen LogP contribution in [0.4, 0.5) is 20.3 Å². The van der Waals surface area contributed by atoms with Gasteiger partial charge >= 0.3 is 0 Å². The Hall–Kier alpha value is -3.43. The van der Waals surface area contributed by atoms with Crippen molar-refractivity contribution in [3.63, 3.8) is 0 Å². The highest BCUT2D eigenvalue weighted by atomic mass is 19.2. The van der Waals surface area contributed by atoms with Gasteiger partial charge in [0.15, 0.2) is 5.67 Å². The molecule has 10 heteroatoms. The predicted molar refractivity (Wildman–Crippen MR) is 98.0 cm³/mol. The van der Waals surface area contributed by atoms with Crippen molar-refractivity contribution in [2.45, 2.75) is 18.3 Å². The molecule has 0 unspecified atom stereocenters. The Balaban J connectivity index is 1.61. The molecule has 4 rings (SSSR count). The number of benzene rings is 1. The lowest BCUT2D eigenvalue weighted by Gasteiger charge is -2.22. The zero-order chi connectivity index (χ0) is 21.0. The number of nitro benzene ring substituents is 1. The lowest BCUT2D eigenvalue weighted by Crippen LogP contribution is -2.47. The van der Waals surface area contributed by atoms with Crippen molar-refractivity contribution in [1.82, 2.24) is 9.88 Å². The van der Waals surface area contributed by atoms with E-state index in [4.69, 9.17) is 0 Å². The van der Waals surface area contributed by atoms with Crippen LogP contribution in [0.25, 0.3) is 0 Å². The van der Waals surface area contributed by atoms with Gasteiger partial charge < -0.3 is 4.90 Å². The van der Waals surface area contributed by atoms with E-state index in [0.717, 1.165) is 15.9 Å². The molecular weight excluding hydrogens is 386 g/mol. The molecule has 2 aromatic rings. The molecular formula is C19H16F2N4O4. The van der Waals surface area contributed by atoms with Crippen LogP contribution >= 0.6 is 0 Å².